The van der Waals surface area contributed by atoms with Gasteiger partial charge in [-0.3, -0.25) is 4.79 Å². The van der Waals surface area contributed by atoms with Gasteiger partial charge in [-0.15, -0.1) is 0 Å². The number of carbonyl (C=O) groups is 2. The number of carboxylic acids is 1. The Bertz CT molecular complexity index is 951. The summed E-state index contributed by atoms with van der Waals surface area (Å²) in [5.74, 6) is -0.610. The molecule has 0 aliphatic heterocycles. The van der Waals surface area contributed by atoms with E-state index in [0.29, 0.717) is 12.1 Å². The molecule has 2 aromatic rings. The maximum Gasteiger partial charge on any atom is 0.335 e. The van der Waals surface area contributed by atoms with Crippen molar-refractivity contribution in [1.29, 1.82) is 0 Å². The number of nitrogens with one attached hydrogen (secondary N) is 1. The highest BCUT2D eigenvalue weighted by Crippen LogP contribution is 2.31. The molecule has 0 aliphatic rings. The van der Waals surface area contributed by atoms with Crippen molar-refractivity contribution in [3.8, 4) is 5.75 Å². The smallest absolute Gasteiger partial charge is 0.335 e. The number of hydrogen-bond donors (Lipinski definition) is 2. The predicted octanol–water partition coefficient (Wildman–Crippen LogP) is 6.36. The Morgan fingerprint density at radius 2 is 1.62 bits per heavy atom. The highest BCUT2D eigenvalue weighted by atomic mass is 16.5. The molecule has 1 atom stereocenters. The fraction of sp³-hybridized carbons (Fsp3) is 0.481. The van der Waals surface area contributed by atoms with Crippen LogP contribution in [0.4, 0.5) is 5.69 Å². The Kier molecular flexibility index (Phi) is 8.11. The molecule has 0 radical (unpaired) electrons. The third kappa shape index (κ3) is 8.03. The minimum atomic E-state index is -1.04. The van der Waals surface area contributed by atoms with Crippen LogP contribution in [0.3, 0.4) is 0 Å². The molecule has 0 aliphatic carbocycles. The predicted molar refractivity (Wildman–Crippen MR) is 129 cm³/mol. The molecule has 2 rings (SSSR count). The first-order valence-corrected chi connectivity index (χ1v) is 11.2. The molecular weight excluding hydrogens is 402 g/mol. The zero-order valence-electron chi connectivity index (χ0n) is 20.4. The van der Waals surface area contributed by atoms with E-state index in [-0.39, 0.29) is 22.3 Å². The van der Waals surface area contributed by atoms with Crippen LogP contribution in [0.15, 0.2) is 42.5 Å². The van der Waals surface area contributed by atoms with Crippen molar-refractivity contribution in [3.63, 3.8) is 0 Å². The minimum Gasteiger partial charge on any atom is -0.480 e. The van der Waals surface area contributed by atoms with E-state index in [1.807, 2.05) is 13.0 Å². The normalized spacial score (nSPS) is 12.8. The molecule has 1 unspecified atom stereocenters. The van der Waals surface area contributed by atoms with E-state index in [9.17, 15) is 14.7 Å². The molecule has 0 heterocycles. The Morgan fingerprint density at radius 1 is 0.969 bits per heavy atom. The molecular formula is C27H37NO4. The number of hydrogen-bond acceptors (Lipinski definition) is 3. The van der Waals surface area contributed by atoms with Gasteiger partial charge >= 0.3 is 5.97 Å². The summed E-state index contributed by atoms with van der Waals surface area (Å²) in [6.07, 6.45) is 1.60. The first kappa shape index (κ1) is 25.4. The lowest BCUT2D eigenvalue weighted by Gasteiger charge is -2.25. The van der Waals surface area contributed by atoms with Crippen molar-refractivity contribution >= 4 is 17.6 Å². The molecule has 1 amide bonds. The fourth-order valence-electron chi connectivity index (χ4n) is 3.61. The van der Waals surface area contributed by atoms with Crippen molar-refractivity contribution in [3.05, 3.63) is 59.2 Å². The lowest BCUT2D eigenvalue weighted by atomic mass is 9.84. The molecule has 0 fully saturated rings. The Balaban J connectivity index is 2.26. The second-order valence-electron chi connectivity index (χ2n) is 10.8. The largest absolute Gasteiger partial charge is 0.480 e. The van der Waals surface area contributed by atoms with Crippen molar-refractivity contribution < 1.29 is 19.4 Å². The first-order valence-electron chi connectivity index (χ1n) is 11.2. The van der Waals surface area contributed by atoms with Crippen LogP contribution >= 0.6 is 0 Å². The number of carbonyl (C=O) groups excluding carboxylic acids is 1. The van der Waals surface area contributed by atoms with Gasteiger partial charge in [-0.1, -0.05) is 66.7 Å². The summed E-state index contributed by atoms with van der Waals surface area (Å²) in [7, 11) is 0. The van der Waals surface area contributed by atoms with Gasteiger partial charge in [0.2, 0.25) is 0 Å². The van der Waals surface area contributed by atoms with Crippen LogP contribution in [0, 0.1) is 10.8 Å². The molecule has 5 nitrogen and oxygen atoms in total. The van der Waals surface area contributed by atoms with Gasteiger partial charge in [-0.2, -0.15) is 0 Å². The van der Waals surface area contributed by atoms with E-state index in [2.05, 4.69) is 59.0 Å². The Labute approximate surface area is 192 Å². The van der Waals surface area contributed by atoms with Gasteiger partial charge in [-0.05, 0) is 65.5 Å². The highest BCUT2D eigenvalue weighted by Gasteiger charge is 2.23. The molecule has 0 aromatic heterocycles. The minimum absolute atomic E-state index is 0.0692. The van der Waals surface area contributed by atoms with Gasteiger partial charge < -0.3 is 15.2 Å². The summed E-state index contributed by atoms with van der Waals surface area (Å²) in [4.78, 5) is 24.1. The molecule has 5 heteroatoms. The molecule has 0 spiro atoms. The summed E-state index contributed by atoms with van der Waals surface area (Å²) in [5, 5.41) is 12.0. The van der Waals surface area contributed by atoms with Crippen LogP contribution in [0.2, 0.25) is 0 Å². The van der Waals surface area contributed by atoms with E-state index in [1.165, 1.54) is 17.7 Å². The maximum atomic E-state index is 12.9. The first-order chi connectivity index (χ1) is 14.8. The number of aromatic carboxylic acids is 1. The van der Waals surface area contributed by atoms with Crippen LogP contribution in [-0.2, 0) is 17.6 Å². The van der Waals surface area contributed by atoms with Crippen molar-refractivity contribution in [2.75, 3.05) is 5.32 Å². The van der Waals surface area contributed by atoms with Gasteiger partial charge in [0.25, 0.3) is 5.91 Å². The summed E-state index contributed by atoms with van der Waals surface area (Å²) in [5.41, 5.74) is 3.16. The van der Waals surface area contributed by atoms with Crippen molar-refractivity contribution in [1.82, 2.24) is 0 Å². The monoisotopic (exact) mass is 439 g/mol. The second-order valence-corrected chi connectivity index (χ2v) is 10.8. The van der Waals surface area contributed by atoms with Gasteiger partial charge in [0.15, 0.2) is 6.10 Å². The van der Waals surface area contributed by atoms with Gasteiger partial charge in [0.1, 0.15) is 5.75 Å². The van der Waals surface area contributed by atoms with E-state index in [0.717, 1.165) is 24.2 Å². The van der Waals surface area contributed by atoms with Crippen LogP contribution < -0.4 is 10.1 Å². The zero-order valence-corrected chi connectivity index (χ0v) is 20.4. The third-order valence-corrected chi connectivity index (χ3v) is 4.89. The van der Waals surface area contributed by atoms with E-state index < -0.39 is 12.1 Å². The topological polar surface area (TPSA) is 75.6 Å². The van der Waals surface area contributed by atoms with Gasteiger partial charge in [-0.25, -0.2) is 4.79 Å². The number of carboxylic acid groups (broad SMARTS) is 1. The molecule has 2 N–H and O–H groups in total. The Hall–Kier alpha value is -2.82. The number of amides is 1. The highest BCUT2D eigenvalue weighted by molar-refractivity contribution is 5.96. The number of anilines is 1. The fourth-order valence-corrected chi connectivity index (χ4v) is 3.61. The standard InChI is InChI=1S/C27H37NO4/c1-8-22(24(29)28-21-11-9-10-19(15-21)25(30)31)32-23-13-12-18(16-26(2,3)4)14-20(23)17-27(5,6)7/h9-15,22H,8,16-17H2,1-7H3,(H,28,29)(H,30,31). The summed E-state index contributed by atoms with van der Waals surface area (Å²) in [6, 6.07) is 12.5. The van der Waals surface area contributed by atoms with E-state index in [4.69, 9.17) is 4.74 Å². The second kappa shape index (κ2) is 10.2. The Morgan fingerprint density at radius 3 is 2.19 bits per heavy atom. The number of rotatable bonds is 8. The summed E-state index contributed by atoms with van der Waals surface area (Å²) >= 11 is 0. The molecule has 0 saturated heterocycles. The zero-order chi connectivity index (χ0) is 24.1. The molecule has 32 heavy (non-hydrogen) atoms. The van der Waals surface area contributed by atoms with E-state index >= 15 is 0 Å². The summed E-state index contributed by atoms with van der Waals surface area (Å²) in [6.45, 7) is 15.1. The molecule has 2 aromatic carbocycles. The van der Waals surface area contributed by atoms with Crippen LogP contribution in [0.5, 0.6) is 5.75 Å². The van der Waals surface area contributed by atoms with Crippen LogP contribution in [-0.4, -0.2) is 23.1 Å². The number of ether oxygens (including phenoxy) is 1. The molecule has 0 bridgehead atoms. The third-order valence-electron chi connectivity index (χ3n) is 4.89. The average molecular weight is 440 g/mol. The lowest BCUT2D eigenvalue weighted by Crippen LogP contribution is -2.33. The average Bonchev–Trinajstić information content (AvgIpc) is 2.65. The SMILES string of the molecule is CCC(Oc1ccc(CC(C)(C)C)cc1CC(C)(C)C)C(=O)Nc1cccc(C(=O)O)c1. The van der Waals surface area contributed by atoms with Gasteiger partial charge in [0, 0.05) is 5.69 Å². The van der Waals surface area contributed by atoms with Crippen LogP contribution in [0.25, 0.3) is 0 Å². The van der Waals surface area contributed by atoms with Gasteiger partial charge in [0.05, 0.1) is 5.56 Å². The molecule has 174 valence electrons. The number of benzene rings is 2. The quantitative estimate of drug-likeness (QED) is 0.502. The van der Waals surface area contributed by atoms with Crippen molar-refractivity contribution in [2.24, 2.45) is 10.8 Å². The maximum absolute atomic E-state index is 12.9. The molecule has 0 saturated carbocycles. The van der Waals surface area contributed by atoms with Crippen LogP contribution in [0.1, 0.15) is 76.4 Å². The lowest BCUT2D eigenvalue weighted by molar-refractivity contribution is -0.122. The summed E-state index contributed by atoms with van der Waals surface area (Å²) < 4.78 is 6.21. The van der Waals surface area contributed by atoms with Crippen molar-refractivity contribution in [2.45, 2.75) is 73.8 Å². The van der Waals surface area contributed by atoms with E-state index in [1.54, 1.807) is 12.1 Å².